The molecule has 0 saturated heterocycles. The average molecular weight is 199 g/mol. The third-order valence-electron chi connectivity index (χ3n) is 2.64. The van der Waals surface area contributed by atoms with Crippen LogP contribution in [0.3, 0.4) is 0 Å². The van der Waals surface area contributed by atoms with Crippen LogP contribution in [0.2, 0.25) is 0 Å². The summed E-state index contributed by atoms with van der Waals surface area (Å²) in [6.07, 6.45) is 3.41. The summed E-state index contributed by atoms with van der Waals surface area (Å²) in [5.41, 5.74) is 3.21. The van der Waals surface area contributed by atoms with Gasteiger partial charge in [-0.2, -0.15) is 5.26 Å². The van der Waals surface area contributed by atoms with Crippen molar-refractivity contribution in [1.29, 1.82) is 5.26 Å². The molecule has 0 spiro atoms. The Kier molecular flexibility index (Phi) is 2.68. The number of fused-ring (bicyclic) bond motifs is 1. The molecular weight excluding hydrogens is 186 g/mol. The van der Waals surface area contributed by atoms with E-state index in [-0.39, 0.29) is 5.92 Å². The van der Waals surface area contributed by atoms with Crippen LogP contribution in [0.1, 0.15) is 18.9 Å². The molecule has 1 aromatic carbocycles. The van der Waals surface area contributed by atoms with E-state index in [0.717, 1.165) is 23.9 Å². The van der Waals surface area contributed by atoms with Crippen LogP contribution in [0.4, 0.5) is 0 Å². The first-order chi connectivity index (χ1) is 7.33. The molecule has 1 heterocycles. The van der Waals surface area contributed by atoms with Crippen molar-refractivity contribution in [1.82, 2.24) is 9.97 Å². The monoisotopic (exact) mass is 199 g/mol. The molecule has 0 fully saturated rings. The first-order valence-electron chi connectivity index (χ1n) is 5.15. The highest BCUT2D eigenvalue weighted by molar-refractivity contribution is 5.75. The number of nitriles is 1. The number of nitrogens with one attached hydrogen (secondary N) is 1. The number of hydrogen-bond donors (Lipinski definition) is 1. The number of imidazole rings is 1. The van der Waals surface area contributed by atoms with Gasteiger partial charge >= 0.3 is 0 Å². The lowest BCUT2D eigenvalue weighted by Crippen LogP contribution is -1.99. The normalized spacial score (nSPS) is 12.5. The zero-order chi connectivity index (χ0) is 10.7. The van der Waals surface area contributed by atoms with Crippen molar-refractivity contribution in [3.63, 3.8) is 0 Å². The van der Waals surface area contributed by atoms with Crippen LogP contribution in [0.5, 0.6) is 0 Å². The summed E-state index contributed by atoms with van der Waals surface area (Å²) in [5.74, 6) is 0.116. The van der Waals surface area contributed by atoms with Gasteiger partial charge in [0.05, 0.1) is 29.3 Å². The highest BCUT2D eigenvalue weighted by Gasteiger charge is 2.06. The van der Waals surface area contributed by atoms with Gasteiger partial charge in [-0.3, -0.25) is 0 Å². The van der Waals surface area contributed by atoms with Gasteiger partial charge in [-0.05, 0) is 30.5 Å². The van der Waals surface area contributed by atoms with E-state index < -0.39 is 0 Å². The maximum absolute atomic E-state index is 8.89. The molecule has 3 heteroatoms. The van der Waals surface area contributed by atoms with Gasteiger partial charge in [-0.15, -0.1) is 0 Å². The molecule has 0 aliphatic rings. The van der Waals surface area contributed by atoms with Crippen molar-refractivity contribution in [2.45, 2.75) is 19.8 Å². The largest absolute Gasteiger partial charge is 0.345 e. The van der Waals surface area contributed by atoms with Crippen LogP contribution in [0.15, 0.2) is 24.5 Å². The zero-order valence-electron chi connectivity index (χ0n) is 8.70. The Morgan fingerprint density at radius 3 is 3.13 bits per heavy atom. The van der Waals surface area contributed by atoms with Crippen molar-refractivity contribution >= 4 is 11.0 Å². The molecular formula is C12H13N3. The lowest BCUT2D eigenvalue weighted by Gasteiger charge is -2.05. The molecule has 2 aromatic rings. The molecule has 0 aliphatic heterocycles. The zero-order valence-corrected chi connectivity index (χ0v) is 8.70. The van der Waals surface area contributed by atoms with E-state index in [1.807, 2.05) is 19.1 Å². The lowest BCUT2D eigenvalue weighted by molar-refractivity contribution is 0.638. The Morgan fingerprint density at radius 1 is 1.53 bits per heavy atom. The second-order valence-electron chi connectivity index (χ2n) is 3.69. The summed E-state index contributed by atoms with van der Waals surface area (Å²) in [6, 6.07) is 8.42. The van der Waals surface area contributed by atoms with Gasteiger partial charge in [0.2, 0.25) is 0 Å². The van der Waals surface area contributed by atoms with E-state index in [4.69, 9.17) is 5.26 Å². The third kappa shape index (κ3) is 1.99. The molecule has 1 unspecified atom stereocenters. The molecule has 0 amide bonds. The maximum Gasteiger partial charge on any atom is 0.0931 e. The van der Waals surface area contributed by atoms with E-state index in [1.165, 1.54) is 5.56 Å². The Labute approximate surface area is 88.8 Å². The van der Waals surface area contributed by atoms with Crippen LogP contribution >= 0.6 is 0 Å². The molecule has 1 aromatic heterocycles. The molecule has 76 valence electrons. The van der Waals surface area contributed by atoms with Crippen LogP contribution in [-0.2, 0) is 6.42 Å². The van der Waals surface area contributed by atoms with E-state index in [1.54, 1.807) is 6.33 Å². The number of benzene rings is 1. The molecule has 1 N–H and O–H groups in total. The summed E-state index contributed by atoms with van der Waals surface area (Å²) in [6.45, 7) is 2.04. The van der Waals surface area contributed by atoms with Gasteiger partial charge < -0.3 is 4.98 Å². The quantitative estimate of drug-likeness (QED) is 0.826. The Hall–Kier alpha value is -1.82. The van der Waals surface area contributed by atoms with Crippen molar-refractivity contribution in [3.8, 4) is 6.07 Å². The minimum atomic E-state index is 0.116. The molecule has 1 atom stereocenters. The minimum Gasteiger partial charge on any atom is -0.345 e. The first-order valence-corrected chi connectivity index (χ1v) is 5.15. The smallest absolute Gasteiger partial charge is 0.0931 e. The summed E-state index contributed by atoms with van der Waals surface area (Å²) in [7, 11) is 0. The fourth-order valence-electron chi connectivity index (χ4n) is 1.68. The fourth-order valence-corrected chi connectivity index (χ4v) is 1.68. The molecule has 0 aliphatic carbocycles. The number of nitrogens with zero attached hydrogens (tertiary/aromatic N) is 2. The van der Waals surface area contributed by atoms with Crippen molar-refractivity contribution < 1.29 is 0 Å². The second kappa shape index (κ2) is 4.14. The predicted octanol–water partition coefficient (Wildman–Crippen LogP) is 2.66. The van der Waals surface area contributed by atoms with Crippen molar-refractivity contribution in [3.05, 3.63) is 30.1 Å². The lowest BCUT2D eigenvalue weighted by atomic mass is 9.98. The van der Waals surface area contributed by atoms with Gasteiger partial charge in [0.1, 0.15) is 0 Å². The van der Waals surface area contributed by atoms with Gasteiger partial charge in [-0.25, -0.2) is 4.98 Å². The third-order valence-corrected chi connectivity index (χ3v) is 2.64. The Morgan fingerprint density at radius 2 is 2.40 bits per heavy atom. The molecule has 15 heavy (non-hydrogen) atoms. The maximum atomic E-state index is 8.89. The van der Waals surface area contributed by atoms with Crippen molar-refractivity contribution in [2.75, 3.05) is 0 Å². The van der Waals surface area contributed by atoms with Gasteiger partial charge in [0.15, 0.2) is 0 Å². The standard InChI is InChI=1S/C12H13N3/c1-2-9(7-13)5-10-3-4-11-12(6-10)15-8-14-11/h3-4,6,8-9H,2,5H2,1H3,(H,14,15). The fraction of sp³-hybridized carbons (Fsp3) is 0.333. The topological polar surface area (TPSA) is 52.5 Å². The molecule has 0 radical (unpaired) electrons. The van der Waals surface area contributed by atoms with Crippen molar-refractivity contribution in [2.24, 2.45) is 5.92 Å². The van der Waals surface area contributed by atoms with Crippen LogP contribution < -0.4 is 0 Å². The summed E-state index contributed by atoms with van der Waals surface area (Å²) in [4.78, 5) is 7.23. The van der Waals surface area contributed by atoms with Crippen LogP contribution in [-0.4, -0.2) is 9.97 Å². The van der Waals surface area contributed by atoms with Gasteiger partial charge in [0.25, 0.3) is 0 Å². The van der Waals surface area contributed by atoms with Gasteiger partial charge in [0, 0.05) is 0 Å². The summed E-state index contributed by atoms with van der Waals surface area (Å²) < 4.78 is 0. The number of aromatic nitrogens is 2. The molecule has 0 saturated carbocycles. The predicted molar refractivity (Wildman–Crippen MR) is 59.2 cm³/mol. The Bertz CT molecular complexity index is 493. The summed E-state index contributed by atoms with van der Waals surface area (Å²) >= 11 is 0. The van der Waals surface area contributed by atoms with E-state index in [0.29, 0.717) is 0 Å². The minimum absolute atomic E-state index is 0.116. The summed E-state index contributed by atoms with van der Waals surface area (Å²) in [5, 5.41) is 8.89. The number of H-pyrrole nitrogens is 1. The number of rotatable bonds is 3. The van der Waals surface area contributed by atoms with Crippen LogP contribution in [0, 0.1) is 17.2 Å². The van der Waals surface area contributed by atoms with E-state index >= 15 is 0 Å². The second-order valence-corrected chi connectivity index (χ2v) is 3.69. The number of aromatic amines is 1. The first kappa shape index (κ1) is 9.72. The SMILES string of the molecule is CCC(C#N)Cc1ccc2nc[nH]c2c1. The number of hydrogen-bond acceptors (Lipinski definition) is 2. The highest BCUT2D eigenvalue weighted by atomic mass is 14.9. The van der Waals surface area contributed by atoms with Gasteiger partial charge in [-0.1, -0.05) is 13.0 Å². The highest BCUT2D eigenvalue weighted by Crippen LogP contribution is 2.16. The average Bonchev–Trinajstić information content (AvgIpc) is 2.73. The molecule has 3 nitrogen and oxygen atoms in total. The molecule has 2 rings (SSSR count). The molecule has 0 bridgehead atoms. The Balaban J connectivity index is 2.25. The van der Waals surface area contributed by atoms with Crippen LogP contribution in [0.25, 0.3) is 11.0 Å². The van der Waals surface area contributed by atoms with E-state index in [9.17, 15) is 0 Å². The van der Waals surface area contributed by atoms with E-state index in [2.05, 4.69) is 22.1 Å².